The molecule has 1 aliphatic carbocycles. The highest BCUT2D eigenvalue weighted by molar-refractivity contribution is 5.13. The van der Waals surface area contributed by atoms with Crippen LogP contribution in [0.2, 0.25) is 0 Å². The van der Waals surface area contributed by atoms with E-state index in [1.165, 1.54) is 31.7 Å². The third kappa shape index (κ3) is 2.40. The second kappa shape index (κ2) is 5.39. The van der Waals surface area contributed by atoms with Crippen molar-refractivity contribution in [1.82, 2.24) is 10.3 Å². The Morgan fingerprint density at radius 1 is 1.50 bits per heavy atom. The molecule has 0 amide bonds. The first-order chi connectivity index (χ1) is 7.83. The van der Waals surface area contributed by atoms with Crippen molar-refractivity contribution in [1.29, 1.82) is 0 Å². The lowest BCUT2D eigenvalue weighted by Crippen LogP contribution is -2.28. The number of aromatic nitrogens is 1. The van der Waals surface area contributed by atoms with E-state index in [1.807, 2.05) is 0 Å². The molecule has 2 rings (SSSR count). The van der Waals surface area contributed by atoms with Gasteiger partial charge in [-0.05, 0) is 37.4 Å². The molecule has 88 valence electrons. The van der Waals surface area contributed by atoms with Gasteiger partial charge in [-0.25, -0.2) is 4.39 Å². The first kappa shape index (κ1) is 11.5. The minimum absolute atomic E-state index is 0.0914. The van der Waals surface area contributed by atoms with Crippen LogP contribution in [0.1, 0.15) is 44.3 Å². The maximum Gasteiger partial charge on any atom is 0.146 e. The summed E-state index contributed by atoms with van der Waals surface area (Å²) < 4.78 is 13.7. The molecule has 0 radical (unpaired) electrons. The van der Waals surface area contributed by atoms with Crippen LogP contribution in [-0.2, 0) is 0 Å². The summed E-state index contributed by atoms with van der Waals surface area (Å²) in [6.07, 6.45) is 6.58. The Balaban J connectivity index is 2.21. The molecule has 0 aromatic carbocycles. The number of pyridine rings is 1. The van der Waals surface area contributed by atoms with Gasteiger partial charge < -0.3 is 5.32 Å². The molecule has 3 heteroatoms. The van der Waals surface area contributed by atoms with Gasteiger partial charge in [-0.3, -0.25) is 4.98 Å². The Morgan fingerprint density at radius 3 is 2.88 bits per heavy atom. The number of halogens is 1. The third-order valence-electron chi connectivity index (χ3n) is 3.38. The van der Waals surface area contributed by atoms with Crippen LogP contribution in [0.25, 0.3) is 0 Å². The Hall–Kier alpha value is -0.960. The van der Waals surface area contributed by atoms with Gasteiger partial charge in [0.1, 0.15) is 5.82 Å². The average Bonchev–Trinajstić information content (AvgIpc) is 2.80. The normalized spacial score (nSPS) is 18.9. The number of hydrogen-bond acceptors (Lipinski definition) is 2. The van der Waals surface area contributed by atoms with Gasteiger partial charge in [0, 0.05) is 6.20 Å². The van der Waals surface area contributed by atoms with Crippen LogP contribution in [0.5, 0.6) is 0 Å². The lowest BCUT2D eigenvalue weighted by atomic mass is 9.94. The lowest BCUT2D eigenvalue weighted by Gasteiger charge is -2.23. The molecule has 1 fully saturated rings. The van der Waals surface area contributed by atoms with Gasteiger partial charge in [-0.1, -0.05) is 19.8 Å². The predicted molar refractivity (Wildman–Crippen MR) is 62.6 cm³/mol. The molecule has 1 aromatic rings. The van der Waals surface area contributed by atoms with Crippen molar-refractivity contribution < 1.29 is 4.39 Å². The van der Waals surface area contributed by atoms with E-state index in [4.69, 9.17) is 0 Å². The molecule has 0 aliphatic heterocycles. The minimum atomic E-state index is -0.180. The van der Waals surface area contributed by atoms with E-state index in [0.29, 0.717) is 11.6 Å². The van der Waals surface area contributed by atoms with Crippen molar-refractivity contribution in [3.05, 3.63) is 29.8 Å². The number of nitrogens with zero attached hydrogens (tertiary/aromatic N) is 1. The summed E-state index contributed by atoms with van der Waals surface area (Å²) in [5.41, 5.74) is 0.594. The van der Waals surface area contributed by atoms with E-state index in [-0.39, 0.29) is 11.9 Å². The van der Waals surface area contributed by atoms with E-state index >= 15 is 0 Å². The van der Waals surface area contributed by atoms with Crippen LogP contribution >= 0.6 is 0 Å². The summed E-state index contributed by atoms with van der Waals surface area (Å²) in [4.78, 5) is 4.20. The largest absolute Gasteiger partial charge is 0.309 e. The van der Waals surface area contributed by atoms with Crippen molar-refractivity contribution in [2.24, 2.45) is 5.92 Å². The highest BCUT2D eigenvalue weighted by Crippen LogP contribution is 2.35. The highest BCUT2D eigenvalue weighted by Gasteiger charge is 2.28. The Bertz CT molecular complexity index is 334. The molecule has 1 unspecified atom stereocenters. The van der Waals surface area contributed by atoms with Gasteiger partial charge in [0.15, 0.2) is 0 Å². The molecular weight excluding hydrogens is 203 g/mol. The van der Waals surface area contributed by atoms with Gasteiger partial charge >= 0.3 is 0 Å². The first-order valence-corrected chi connectivity index (χ1v) is 6.16. The summed E-state index contributed by atoms with van der Waals surface area (Å²) >= 11 is 0. The number of rotatable bonds is 4. The monoisotopic (exact) mass is 222 g/mol. The predicted octanol–water partition coefficient (Wildman–Crippen LogP) is 3.06. The summed E-state index contributed by atoms with van der Waals surface area (Å²) in [7, 11) is 0. The average molecular weight is 222 g/mol. The fourth-order valence-corrected chi connectivity index (χ4v) is 2.62. The topological polar surface area (TPSA) is 24.9 Å². The molecule has 1 aliphatic rings. The Kier molecular flexibility index (Phi) is 3.88. The van der Waals surface area contributed by atoms with Crippen molar-refractivity contribution in [2.45, 2.75) is 38.6 Å². The van der Waals surface area contributed by atoms with Gasteiger partial charge in [-0.2, -0.15) is 0 Å². The molecule has 0 bridgehead atoms. The fourth-order valence-electron chi connectivity index (χ4n) is 2.62. The zero-order chi connectivity index (χ0) is 11.4. The van der Waals surface area contributed by atoms with Crippen LogP contribution in [0.15, 0.2) is 18.3 Å². The molecule has 2 nitrogen and oxygen atoms in total. The summed E-state index contributed by atoms with van der Waals surface area (Å²) in [6, 6.07) is 3.24. The van der Waals surface area contributed by atoms with Crippen molar-refractivity contribution in [3.63, 3.8) is 0 Å². The lowest BCUT2D eigenvalue weighted by molar-refractivity contribution is 0.355. The van der Waals surface area contributed by atoms with E-state index in [9.17, 15) is 4.39 Å². The molecule has 1 atom stereocenters. The fraction of sp³-hybridized carbons (Fsp3) is 0.615. The van der Waals surface area contributed by atoms with Crippen molar-refractivity contribution in [3.8, 4) is 0 Å². The minimum Gasteiger partial charge on any atom is -0.309 e. The zero-order valence-electron chi connectivity index (χ0n) is 9.75. The quantitative estimate of drug-likeness (QED) is 0.847. The standard InChI is InChI=1S/C13H19FN2/c1-2-15-12(10-6-3-4-7-10)13-11(14)8-5-9-16-13/h5,8-10,12,15H,2-4,6-7H2,1H3. The maximum absolute atomic E-state index is 13.7. The first-order valence-electron chi connectivity index (χ1n) is 6.16. The Morgan fingerprint density at radius 2 is 2.25 bits per heavy atom. The molecule has 1 aromatic heterocycles. The van der Waals surface area contributed by atoms with Gasteiger partial charge in [0.2, 0.25) is 0 Å². The van der Waals surface area contributed by atoms with Crippen LogP contribution in [0.3, 0.4) is 0 Å². The highest BCUT2D eigenvalue weighted by atomic mass is 19.1. The maximum atomic E-state index is 13.7. The molecule has 16 heavy (non-hydrogen) atoms. The molecule has 1 N–H and O–H groups in total. The summed E-state index contributed by atoms with van der Waals surface area (Å²) in [6.45, 7) is 2.92. The van der Waals surface area contributed by atoms with Gasteiger partial charge in [0.25, 0.3) is 0 Å². The van der Waals surface area contributed by atoms with Gasteiger partial charge in [0.05, 0.1) is 11.7 Å². The number of hydrogen-bond donors (Lipinski definition) is 1. The Labute approximate surface area is 96.3 Å². The van der Waals surface area contributed by atoms with E-state index in [0.717, 1.165) is 6.54 Å². The summed E-state index contributed by atoms with van der Waals surface area (Å²) in [5, 5.41) is 3.38. The van der Waals surface area contributed by atoms with Crippen molar-refractivity contribution in [2.75, 3.05) is 6.54 Å². The SMILES string of the molecule is CCNC(c1ncccc1F)C1CCCC1. The molecule has 0 spiro atoms. The van der Waals surface area contributed by atoms with Crippen LogP contribution in [0, 0.1) is 11.7 Å². The van der Waals surface area contributed by atoms with Crippen molar-refractivity contribution >= 4 is 0 Å². The second-order valence-corrected chi connectivity index (χ2v) is 4.45. The van der Waals surface area contributed by atoms with E-state index in [2.05, 4.69) is 17.2 Å². The molecular formula is C13H19FN2. The molecule has 1 heterocycles. The third-order valence-corrected chi connectivity index (χ3v) is 3.38. The second-order valence-electron chi connectivity index (χ2n) is 4.45. The zero-order valence-corrected chi connectivity index (χ0v) is 9.75. The van der Waals surface area contributed by atoms with Crippen LogP contribution in [-0.4, -0.2) is 11.5 Å². The van der Waals surface area contributed by atoms with E-state index < -0.39 is 0 Å². The number of nitrogens with one attached hydrogen (secondary N) is 1. The smallest absolute Gasteiger partial charge is 0.146 e. The van der Waals surface area contributed by atoms with Crippen LogP contribution in [0.4, 0.5) is 4.39 Å². The van der Waals surface area contributed by atoms with E-state index in [1.54, 1.807) is 12.3 Å². The summed E-state index contributed by atoms with van der Waals surface area (Å²) in [5.74, 6) is 0.365. The van der Waals surface area contributed by atoms with Crippen LogP contribution < -0.4 is 5.32 Å². The molecule has 1 saturated carbocycles. The molecule has 0 saturated heterocycles. The van der Waals surface area contributed by atoms with Gasteiger partial charge in [-0.15, -0.1) is 0 Å².